The van der Waals surface area contributed by atoms with Gasteiger partial charge in [-0.25, -0.2) is 4.98 Å². The highest BCUT2D eigenvalue weighted by Crippen LogP contribution is 2.37. The molecule has 0 saturated heterocycles. The molecule has 4 heteroatoms. The Morgan fingerprint density at radius 1 is 0.917 bits per heavy atom. The quantitative estimate of drug-likeness (QED) is 0.215. The van der Waals surface area contributed by atoms with E-state index < -0.39 is 84.5 Å². The Balaban J connectivity index is 1.78. The van der Waals surface area contributed by atoms with E-state index in [1.807, 2.05) is 6.07 Å². The largest absolute Gasteiger partial charge is 0.457 e. The van der Waals surface area contributed by atoms with Crippen LogP contribution in [0.15, 0.2) is 114 Å². The zero-order valence-corrected chi connectivity index (χ0v) is 20.1. The summed E-state index contributed by atoms with van der Waals surface area (Å²) in [5.74, 6) is -3.20. The Hall–Kier alpha value is -3.89. The molecule has 0 saturated carbocycles. The molecule has 0 bridgehead atoms. The van der Waals surface area contributed by atoms with E-state index in [2.05, 4.69) is 20.9 Å². The third-order valence-electron chi connectivity index (χ3n) is 5.65. The summed E-state index contributed by atoms with van der Waals surface area (Å²) >= 11 is 3.41. The summed E-state index contributed by atoms with van der Waals surface area (Å²) in [6, 6.07) is 14.0. The summed E-state index contributed by atoms with van der Waals surface area (Å²) in [7, 11) is 0. The van der Waals surface area contributed by atoms with Gasteiger partial charge in [-0.15, -0.1) is 0 Å². The number of rotatable bonds is 5. The number of benzene rings is 4. The molecule has 0 fully saturated rings. The van der Waals surface area contributed by atoms with E-state index in [1.165, 1.54) is 4.57 Å². The molecule has 3 nitrogen and oxygen atoms in total. The van der Waals surface area contributed by atoms with Crippen LogP contribution in [0.25, 0.3) is 38.8 Å². The molecule has 6 rings (SSSR count). The van der Waals surface area contributed by atoms with Crippen LogP contribution < -0.4 is 4.74 Å². The minimum atomic E-state index is -3.67. The fourth-order valence-corrected chi connectivity index (χ4v) is 4.50. The van der Waals surface area contributed by atoms with Gasteiger partial charge < -0.3 is 4.74 Å². The van der Waals surface area contributed by atoms with Gasteiger partial charge in [-0.1, -0.05) is 84.1 Å². The Morgan fingerprint density at radius 3 is 2.56 bits per heavy atom. The van der Waals surface area contributed by atoms with E-state index in [1.54, 1.807) is 60.7 Å². The fourth-order valence-electron chi connectivity index (χ4n) is 4.12. The number of hydrogen-bond donors (Lipinski definition) is 0. The van der Waals surface area contributed by atoms with Crippen LogP contribution in [-0.2, 0) is 0 Å². The first kappa shape index (κ1) is 11.9. The van der Waals surface area contributed by atoms with Crippen molar-refractivity contribution in [2.45, 2.75) is 19.6 Å². The topological polar surface area (TPSA) is 27.1 Å². The Labute approximate surface area is 238 Å². The molecule has 0 atom stereocenters. The molecular weight excluding hydrogens is 508 g/mol. The summed E-state index contributed by atoms with van der Waals surface area (Å²) in [5, 5.41) is 1.29. The molecule has 0 aliphatic heterocycles. The van der Waals surface area contributed by atoms with Gasteiger partial charge in [-0.3, -0.25) is 4.57 Å². The van der Waals surface area contributed by atoms with Crippen LogP contribution in [0.4, 0.5) is 0 Å². The van der Waals surface area contributed by atoms with Crippen LogP contribution >= 0.6 is 15.9 Å². The first-order valence-electron chi connectivity index (χ1n) is 17.9. The first-order chi connectivity index (χ1) is 23.3. The average molecular weight is 548 g/mol. The van der Waals surface area contributed by atoms with Crippen molar-refractivity contribution >= 4 is 37.7 Å². The normalized spacial score (nSPS) is 18.0. The van der Waals surface area contributed by atoms with Crippen molar-refractivity contribution in [3.63, 3.8) is 0 Å². The van der Waals surface area contributed by atoms with Gasteiger partial charge in [0.05, 0.1) is 20.6 Å². The maximum Gasteiger partial charge on any atom is 0.137 e. The number of fused-ring (bicyclic) bond motifs is 3. The van der Waals surface area contributed by atoms with Crippen LogP contribution in [-0.4, -0.2) is 9.55 Å². The lowest BCUT2D eigenvalue weighted by atomic mass is 9.94. The van der Waals surface area contributed by atoms with Crippen LogP contribution in [0.3, 0.4) is 0 Å². The maximum atomic E-state index is 9.45. The second-order valence-electron chi connectivity index (χ2n) is 7.89. The van der Waals surface area contributed by atoms with Crippen LogP contribution in [0, 0.1) is 0 Å². The smallest absolute Gasteiger partial charge is 0.137 e. The molecular formula is C32H25BrN2O. The zero-order valence-electron chi connectivity index (χ0n) is 32.5. The lowest BCUT2D eigenvalue weighted by Gasteiger charge is -2.16. The van der Waals surface area contributed by atoms with Crippen molar-refractivity contribution in [3.05, 3.63) is 119 Å². The molecule has 2 heterocycles. The Bertz CT molecular complexity index is 2310. The Morgan fingerprint density at radius 2 is 1.72 bits per heavy atom. The molecule has 0 unspecified atom stereocenters. The van der Waals surface area contributed by atoms with Crippen molar-refractivity contribution < 1.29 is 23.9 Å². The highest BCUT2D eigenvalue weighted by Gasteiger charge is 2.17. The minimum Gasteiger partial charge on any atom is -0.457 e. The van der Waals surface area contributed by atoms with Crippen molar-refractivity contribution in [1.29, 1.82) is 0 Å². The molecule has 2 aromatic heterocycles. The van der Waals surface area contributed by atoms with Gasteiger partial charge in [-0.05, 0) is 59.5 Å². The number of halogens is 1. The molecule has 0 radical (unpaired) electrons. The summed E-state index contributed by atoms with van der Waals surface area (Å²) in [5.41, 5.74) is -1.84. The molecule has 0 amide bonds. The summed E-state index contributed by atoms with van der Waals surface area (Å²) < 4.78 is 127. The highest BCUT2D eigenvalue weighted by atomic mass is 79.9. The predicted molar refractivity (Wildman–Crippen MR) is 152 cm³/mol. The molecule has 4 aromatic carbocycles. The van der Waals surface area contributed by atoms with E-state index in [0.29, 0.717) is 33.3 Å². The first-order valence-corrected chi connectivity index (χ1v) is 11.6. The standard InChI is InChI=1S/C32H25BrN2O/c1-21(2)28-19-32(34-20-29(28)22-9-4-3-5-10-22)35-30-14-7-6-13-26(30)27-16-15-25(18-31(27)35)36-24-12-8-11-23(33)17-24/h3-21H,1-2H3/i1D3,2D3,3D,4D,5D,9D,10D,19D,20D,21D. The number of pyridine rings is 1. The lowest BCUT2D eigenvalue weighted by Crippen LogP contribution is -2.02. The molecule has 6 aromatic rings. The number of hydrogen-bond acceptors (Lipinski definition) is 2. The molecule has 36 heavy (non-hydrogen) atoms. The fraction of sp³-hybridized carbons (Fsp3) is 0.0938. The summed E-state index contributed by atoms with van der Waals surface area (Å²) in [6.07, 6.45) is -0.901. The van der Waals surface area contributed by atoms with Gasteiger partial charge in [0.1, 0.15) is 17.3 Å². The monoisotopic (exact) mass is 546 g/mol. The summed E-state index contributed by atoms with van der Waals surface area (Å²) in [6.45, 7) is -7.35. The Kier molecular flexibility index (Phi) is 3.07. The molecule has 176 valence electrons. The van der Waals surface area contributed by atoms with E-state index in [-0.39, 0.29) is 0 Å². The van der Waals surface area contributed by atoms with Crippen LogP contribution in [0.5, 0.6) is 11.5 Å². The minimum absolute atomic E-state index is 0.355. The lowest BCUT2D eigenvalue weighted by molar-refractivity contribution is 0.483. The van der Waals surface area contributed by atoms with E-state index >= 15 is 0 Å². The van der Waals surface area contributed by atoms with Gasteiger partial charge >= 0.3 is 0 Å². The van der Waals surface area contributed by atoms with Crippen molar-refractivity contribution in [2.75, 3.05) is 0 Å². The van der Waals surface area contributed by atoms with Crippen LogP contribution in [0.2, 0.25) is 0 Å². The molecule has 0 spiro atoms. The second-order valence-corrected chi connectivity index (χ2v) is 8.80. The molecule has 0 aliphatic rings. The zero-order chi connectivity index (χ0) is 36.7. The highest BCUT2D eigenvalue weighted by molar-refractivity contribution is 9.10. The van der Waals surface area contributed by atoms with Gasteiger partial charge in [0.25, 0.3) is 0 Å². The number of nitrogens with zero attached hydrogens (tertiary/aromatic N) is 2. The second kappa shape index (κ2) is 9.29. The maximum absolute atomic E-state index is 9.45. The van der Waals surface area contributed by atoms with E-state index in [9.17, 15) is 1.37 Å². The van der Waals surface area contributed by atoms with Gasteiger partial charge in [-0.2, -0.15) is 0 Å². The van der Waals surface area contributed by atoms with E-state index in [4.69, 9.17) is 22.6 Å². The van der Waals surface area contributed by atoms with Crippen molar-refractivity contribution in [2.24, 2.45) is 0 Å². The number of aromatic nitrogens is 2. The van der Waals surface area contributed by atoms with Crippen LogP contribution in [0.1, 0.15) is 44.4 Å². The number of ether oxygens (including phenoxy) is 1. The van der Waals surface area contributed by atoms with E-state index in [0.717, 1.165) is 4.47 Å². The van der Waals surface area contributed by atoms with Gasteiger partial charge in [0, 0.05) is 42.6 Å². The molecule has 0 N–H and O–H groups in total. The average Bonchev–Trinajstić information content (AvgIpc) is 3.36. The number of para-hydroxylation sites is 1. The third-order valence-corrected chi connectivity index (χ3v) is 6.14. The van der Waals surface area contributed by atoms with Gasteiger partial charge in [0.2, 0.25) is 0 Å². The van der Waals surface area contributed by atoms with Crippen molar-refractivity contribution in [1.82, 2.24) is 9.55 Å². The SMILES string of the molecule is [2H]c1nc(-n2c3ccccc3c3ccc(Oc4cccc(Br)c4)cc32)c([2H])c(C([2H])(C([2H])([2H])[2H])C([2H])([2H])[2H])c1-c1c([2H])c([2H])c([2H])c([2H])c1[2H]. The third kappa shape index (κ3) is 4.08. The molecule has 0 aliphatic carbocycles. The predicted octanol–water partition coefficient (Wildman–Crippen LogP) is 9.52. The summed E-state index contributed by atoms with van der Waals surface area (Å²) in [4.78, 5) is 4.33. The van der Waals surface area contributed by atoms with Crippen molar-refractivity contribution in [3.8, 4) is 28.4 Å². The van der Waals surface area contributed by atoms with Gasteiger partial charge in [0.15, 0.2) is 0 Å².